The van der Waals surface area contributed by atoms with Crippen LogP contribution in [0.4, 0.5) is 0 Å². The van der Waals surface area contributed by atoms with E-state index in [2.05, 4.69) is 68.1 Å². The molecule has 1 aromatic carbocycles. The lowest BCUT2D eigenvalue weighted by Gasteiger charge is -2.23. The fourth-order valence-electron chi connectivity index (χ4n) is 3.44. The van der Waals surface area contributed by atoms with Crippen LogP contribution in [0.15, 0.2) is 65.3 Å². The number of hydrogen-bond acceptors (Lipinski definition) is 5. The van der Waals surface area contributed by atoms with Gasteiger partial charge in [0.25, 0.3) is 0 Å². The molecule has 1 unspecified atom stereocenters. The Kier molecular flexibility index (Phi) is 11.4. The van der Waals surface area contributed by atoms with Crippen LogP contribution in [0.5, 0.6) is 0 Å². The Morgan fingerprint density at radius 1 is 1.19 bits per heavy atom. The topological polar surface area (TPSA) is 74.5 Å². The highest BCUT2D eigenvalue weighted by atomic mass is 15.0. The molecular weight excluding hydrogens is 394 g/mol. The Balaban J connectivity index is 3.11. The monoisotopic (exact) mass is 437 g/mol. The van der Waals surface area contributed by atoms with Crippen molar-refractivity contribution in [2.45, 2.75) is 66.8 Å². The molecule has 0 saturated carbocycles. The third-order valence-corrected chi connectivity index (χ3v) is 5.56. The zero-order valence-electron chi connectivity index (χ0n) is 21.2. The van der Waals surface area contributed by atoms with Crippen LogP contribution in [0.25, 0.3) is 5.57 Å². The van der Waals surface area contributed by atoms with Gasteiger partial charge < -0.3 is 21.7 Å². The van der Waals surface area contributed by atoms with Gasteiger partial charge in [-0.1, -0.05) is 45.2 Å². The molecule has 0 aliphatic carbocycles. The lowest BCUT2D eigenvalue weighted by atomic mass is 9.94. The number of aryl methyl sites for hydroxylation is 1. The molecule has 0 saturated heterocycles. The highest BCUT2D eigenvalue weighted by Gasteiger charge is 2.15. The van der Waals surface area contributed by atoms with Crippen molar-refractivity contribution in [1.82, 2.24) is 16.0 Å². The van der Waals surface area contributed by atoms with Crippen LogP contribution < -0.4 is 21.7 Å². The number of nitrogens with zero attached hydrogens (tertiary/aromatic N) is 1. The second-order valence-electron chi connectivity index (χ2n) is 8.05. The highest BCUT2D eigenvalue weighted by Crippen LogP contribution is 2.25. The molecule has 0 heterocycles. The number of benzene rings is 1. The molecule has 32 heavy (non-hydrogen) atoms. The number of hydrogen-bond donors (Lipinski definition) is 4. The van der Waals surface area contributed by atoms with Crippen molar-refractivity contribution >= 4 is 11.3 Å². The van der Waals surface area contributed by atoms with Crippen LogP contribution in [-0.2, 0) is 6.42 Å². The van der Waals surface area contributed by atoms with Gasteiger partial charge in [-0.05, 0) is 62.8 Å². The van der Waals surface area contributed by atoms with Crippen molar-refractivity contribution in [3.8, 4) is 0 Å². The third kappa shape index (κ3) is 7.95. The Labute approximate surface area is 195 Å². The van der Waals surface area contributed by atoms with Gasteiger partial charge in [-0.3, -0.25) is 4.99 Å². The zero-order valence-corrected chi connectivity index (χ0v) is 21.2. The van der Waals surface area contributed by atoms with Crippen molar-refractivity contribution in [1.29, 1.82) is 0 Å². The SMILES string of the molecule is C=C(NC(C)c1ccc(C(=C)CC)cc1CC)C(C/C(N/C=C(\C)N)=C(/C)NC)=NCC. The standard InChI is InChI=1S/C27H43N5/c1-10-18(4)24-13-14-25(23(11-2)15-24)20(6)32-22(8)27(30-12-3)16-26(21(7)29-9)31-17-19(5)28/h13-15,17,20,29,31-32H,4,8,10-12,16,28H2,1-3,5-7,9H3/b19-17+,26-21+,30-27?. The molecule has 1 rings (SSSR count). The van der Waals surface area contributed by atoms with Crippen molar-refractivity contribution in [3.63, 3.8) is 0 Å². The molecule has 5 N–H and O–H groups in total. The Bertz CT molecular complexity index is 885. The number of allylic oxidation sites excluding steroid dienone is 5. The summed E-state index contributed by atoms with van der Waals surface area (Å²) in [5, 5.41) is 10.1. The molecular formula is C27H43N5. The average molecular weight is 438 g/mol. The van der Waals surface area contributed by atoms with E-state index in [1.807, 2.05) is 27.8 Å². The first-order valence-electron chi connectivity index (χ1n) is 11.5. The molecule has 0 radical (unpaired) electrons. The number of rotatable bonds is 13. The van der Waals surface area contributed by atoms with E-state index in [1.165, 1.54) is 22.3 Å². The average Bonchev–Trinajstić information content (AvgIpc) is 2.79. The summed E-state index contributed by atoms with van der Waals surface area (Å²) in [6.45, 7) is 21.6. The minimum absolute atomic E-state index is 0.111. The number of nitrogens with two attached hydrogens (primary N) is 1. The molecule has 5 heteroatoms. The largest absolute Gasteiger partial charge is 0.401 e. The Morgan fingerprint density at radius 2 is 1.88 bits per heavy atom. The fraction of sp³-hybridized carbons (Fsp3) is 0.444. The Morgan fingerprint density at radius 3 is 2.41 bits per heavy atom. The van der Waals surface area contributed by atoms with Crippen LogP contribution in [0.2, 0.25) is 0 Å². The van der Waals surface area contributed by atoms with Gasteiger partial charge in [-0.25, -0.2) is 0 Å². The summed E-state index contributed by atoms with van der Waals surface area (Å²) in [6, 6.07) is 6.76. The van der Waals surface area contributed by atoms with Crippen LogP contribution in [-0.4, -0.2) is 19.3 Å². The van der Waals surface area contributed by atoms with E-state index in [1.54, 1.807) is 6.20 Å². The minimum Gasteiger partial charge on any atom is -0.401 e. The van der Waals surface area contributed by atoms with Gasteiger partial charge in [0.05, 0.1) is 5.71 Å². The van der Waals surface area contributed by atoms with Gasteiger partial charge in [-0.2, -0.15) is 0 Å². The molecule has 1 atom stereocenters. The second-order valence-corrected chi connectivity index (χ2v) is 8.05. The van der Waals surface area contributed by atoms with E-state index in [9.17, 15) is 0 Å². The van der Waals surface area contributed by atoms with E-state index in [0.29, 0.717) is 18.7 Å². The van der Waals surface area contributed by atoms with Crippen LogP contribution in [0, 0.1) is 0 Å². The summed E-state index contributed by atoms with van der Waals surface area (Å²) in [7, 11) is 1.91. The van der Waals surface area contributed by atoms with E-state index < -0.39 is 0 Å². The molecule has 0 bridgehead atoms. The van der Waals surface area contributed by atoms with E-state index in [0.717, 1.165) is 35.6 Å². The predicted octanol–water partition coefficient (Wildman–Crippen LogP) is 5.55. The van der Waals surface area contributed by atoms with Crippen molar-refractivity contribution in [3.05, 3.63) is 77.0 Å². The minimum atomic E-state index is 0.111. The van der Waals surface area contributed by atoms with Gasteiger partial charge in [0, 0.05) is 55.0 Å². The molecule has 0 amide bonds. The van der Waals surface area contributed by atoms with E-state index >= 15 is 0 Å². The molecule has 0 aliphatic rings. The van der Waals surface area contributed by atoms with Gasteiger partial charge in [0.1, 0.15) is 0 Å². The first-order valence-corrected chi connectivity index (χ1v) is 11.5. The molecule has 0 aliphatic heterocycles. The first kappa shape index (κ1) is 27.1. The van der Waals surface area contributed by atoms with Gasteiger partial charge in [-0.15, -0.1) is 0 Å². The van der Waals surface area contributed by atoms with E-state index in [-0.39, 0.29) is 6.04 Å². The maximum absolute atomic E-state index is 5.82. The fourth-order valence-corrected chi connectivity index (χ4v) is 3.44. The van der Waals surface area contributed by atoms with Crippen molar-refractivity contribution < 1.29 is 0 Å². The molecule has 0 aromatic heterocycles. The lowest BCUT2D eigenvalue weighted by molar-refractivity contribution is 0.662. The Hall–Kier alpha value is -2.95. The maximum atomic E-state index is 5.82. The lowest BCUT2D eigenvalue weighted by Crippen LogP contribution is -2.26. The normalized spacial score (nSPS) is 13.8. The predicted molar refractivity (Wildman–Crippen MR) is 141 cm³/mol. The third-order valence-electron chi connectivity index (χ3n) is 5.56. The molecule has 0 spiro atoms. The summed E-state index contributed by atoms with van der Waals surface area (Å²) < 4.78 is 0. The zero-order chi connectivity index (χ0) is 24.3. The molecule has 5 nitrogen and oxygen atoms in total. The smallest absolute Gasteiger partial charge is 0.0632 e. The van der Waals surface area contributed by atoms with E-state index in [4.69, 9.17) is 10.7 Å². The van der Waals surface area contributed by atoms with Crippen LogP contribution >= 0.6 is 0 Å². The quantitative estimate of drug-likeness (QED) is 0.305. The number of aliphatic imine (C=N–C) groups is 1. The molecule has 0 fully saturated rings. The van der Waals surface area contributed by atoms with Crippen molar-refractivity contribution in [2.75, 3.05) is 13.6 Å². The summed E-state index contributed by atoms with van der Waals surface area (Å²) in [4.78, 5) is 4.73. The summed E-state index contributed by atoms with van der Waals surface area (Å²) in [6.07, 6.45) is 4.35. The van der Waals surface area contributed by atoms with Gasteiger partial charge in [0.15, 0.2) is 0 Å². The summed E-state index contributed by atoms with van der Waals surface area (Å²) in [5.74, 6) is 0. The highest BCUT2D eigenvalue weighted by molar-refractivity contribution is 6.00. The summed E-state index contributed by atoms with van der Waals surface area (Å²) >= 11 is 0. The van der Waals surface area contributed by atoms with Crippen LogP contribution in [0.3, 0.4) is 0 Å². The van der Waals surface area contributed by atoms with Crippen molar-refractivity contribution in [2.24, 2.45) is 10.7 Å². The van der Waals surface area contributed by atoms with Crippen LogP contribution in [0.1, 0.15) is 77.1 Å². The molecule has 176 valence electrons. The molecule has 1 aromatic rings. The number of nitrogens with one attached hydrogen (secondary N) is 3. The second kappa shape index (κ2) is 13.5. The maximum Gasteiger partial charge on any atom is 0.0632 e. The summed E-state index contributed by atoms with van der Waals surface area (Å²) in [5.41, 5.74) is 15.3. The first-order chi connectivity index (χ1) is 15.2. The van der Waals surface area contributed by atoms with Gasteiger partial charge in [0.2, 0.25) is 0 Å². The van der Waals surface area contributed by atoms with Gasteiger partial charge >= 0.3 is 0 Å².